The van der Waals surface area contributed by atoms with Gasteiger partial charge in [-0.1, -0.05) is 121 Å². The van der Waals surface area contributed by atoms with Crippen LogP contribution in [0, 0.1) is 6.92 Å². The van der Waals surface area contributed by atoms with Crippen LogP contribution in [0.15, 0.2) is 168 Å². The molecule has 11 rings (SSSR count). The van der Waals surface area contributed by atoms with Crippen molar-refractivity contribution in [3.63, 3.8) is 0 Å². The molecule has 11 aromatic rings. The fourth-order valence-corrected chi connectivity index (χ4v) is 9.99. The average molecular weight is 707 g/mol. The highest BCUT2D eigenvalue weighted by Gasteiger charge is 2.18. The van der Waals surface area contributed by atoms with E-state index in [1.165, 1.54) is 97.0 Å². The van der Waals surface area contributed by atoms with Gasteiger partial charge in [-0.15, -0.1) is 11.3 Å². The van der Waals surface area contributed by atoms with Crippen LogP contribution < -0.4 is 0 Å². The maximum atomic E-state index is 6.50. The third kappa shape index (κ3) is 4.70. The fourth-order valence-electron chi connectivity index (χ4n) is 8.79. The normalized spacial score (nSPS) is 12.2. The van der Waals surface area contributed by atoms with Gasteiger partial charge in [-0.2, -0.15) is 0 Å². The van der Waals surface area contributed by atoms with E-state index >= 15 is 0 Å². The maximum absolute atomic E-state index is 6.50. The molecule has 0 aliphatic rings. The van der Waals surface area contributed by atoms with Crippen molar-refractivity contribution >= 4 is 92.5 Å². The summed E-state index contributed by atoms with van der Waals surface area (Å²) in [6.07, 6.45) is 4.34. The molecular weight excluding hydrogens is 673 g/mol. The number of furan rings is 1. The van der Waals surface area contributed by atoms with Crippen LogP contribution >= 0.6 is 11.3 Å². The van der Waals surface area contributed by atoms with Crippen LogP contribution in [0.3, 0.4) is 0 Å². The van der Waals surface area contributed by atoms with E-state index in [9.17, 15) is 0 Å². The lowest BCUT2D eigenvalue weighted by Gasteiger charge is -2.18. The number of thiophene rings is 1. The molecule has 0 saturated heterocycles. The minimum Gasteiger partial charge on any atom is -0.456 e. The van der Waals surface area contributed by atoms with E-state index in [-0.39, 0.29) is 0 Å². The zero-order valence-electron chi connectivity index (χ0n) is 30.0. The molecule has 0 aliphatic carbocycles. The second-order valence-corrected chi connectivity index (χ2v) is 15.5. The summed E-state index contributed by atoms with van der Waals surface area (Å²) in [7, 11) is 0. The number of aryl methyl sites for hydroxylation is 1. The van der Waals surface area contributed by atoms with Crippen LogP contribution in [0.4, 0.5) is 0 Å². The number of hydrogen-bond donors (Lipinski definition) is 0. The highest BCUT2D eigenvalue weighted by atomic mass is 32.1. The van der Waals surface area contributed by atoms with E-state index < -0.39 is 0 Å². The van der Waals surface area contributed by atoms with Gasteiger partial charge in [0.1, 0.15) is 11.2 Å². The van der Waals surface area contributed by atoms with Crippen molar-refractivity contribution in [2.45, 2.75) is 13.8 Å². The van der Waals surface area contributed by atoms with E-state index in [0.29, 0.717) is 0 Å². The number of allylic oxidation sites excluding steroid dienone is 1. The van der Waals surface area contributed by atoms with E-state index in [1.54, 1.807) is 0 Å². The lowest BCUT2D eigenvalue weighted by Crippen LogP contribution is -1.90. The van der Waals surface area contributed by atoms with E-state index in [2.05, 4.69) is 184 Å². The Bertz CT molecular complexity index is 3280. The summed E-state index contributed by atoms with van der Waals surface area (Å²) in [5, 5.41) is 13.7. The minimum absolute atomic E-state index is 0.917. The van der Waals surface area contributed by atoms with E-state index in [4.69, 9.17) is 4.42 Å². The smallest absolute Gasteiger partial charge is 0.136 e. The Morgan fingerprint density at radius 2 is 1.02 bits per heavy atom. The molecule has 1 nitrogen and oxygen atoms in total. The van der Waals surface area contributed by atoms with Crippen LogP contribution in [0.5, 0.6) is 0 Å². The molecule has 0 atom stereocenters. The molecule has 254 valence electrons. The Hall–Kier alpha value is -6.48. The molecule has 0 amide bonds. The highest BCUT2D eigenvalue weighted by Crippen LogP contribution is 2.45. The van der Waals surface area contributed by atoms with Crippen molar-refractivity contribution in [1.82, 2.24) is 0 Å². The summed E-state index contributed by atoms with van der Waals surface area (Å²) in [5.74, 6) is 0. The van der Waals surface area contributed by atoms with Crippen LogP contribution in [0.25, 0.3) is 115 Å². The van der Waals surface area contributed by atoms with Gasteiger partial charge in [-0.05, 0) is 144 Å². The number of hydrogen-bond acceptors (Lipinski definition) is 2. The molecule has 0 saturated carbocycles. The third-order valence-corrected chi connectivity index (χ3v) is 12.5. The van der Waals surface area contributed by atoms with Gasteiger partial charge in [-0.3, -0.25) is 0 Å². The Labute approximate surface area is 317 Å². The quantitative estimate of drug-likeness (QED) is 0.166. The van der Waals surface area contributed by atoms with Crippen molar-refractivity contribution in [2.75, 3.05) is 0 Å². The van der Waals surface area contributed by atoms with E-state index in [0.717, 1.165) is 21.9 Å². The number of fused-ring (bicyclic) bond motifs is 9. The van der Waals surface area contributed by atoms with Crippen molar-refractivity contribution in [1.29, 1.82) is 0 Å². The van der Waals surface area contributed by atoms with Gasteiger partial charge in [0.2, 0.25) is 0 Å². The first kappa shape index (κ1) is 31.1. The molecule has 0 unspecified atom stereocenters. The lowest BCUT2D eigenvalue weighted by molar-refractivity contribution is 0.669. The molecule has 9 aromatic carbocycles. The lowest BCUT2D eigenvalue weighted by atomic mass is 9.85. The first-order valence-corrected chi connectivity index (χ1v) is 19.4. The van der Waals surface area contributed by atoms with Gasteiger partial charge < -0.3 is 4.42 Å². The second kappa shape index (κ2) is 12.0. The number of rotatable bonds is 4. The van der Waals surface area contributed by atoms with Gasteiger partial charge in [0, 0.05) is 25.7 Å². The summed E-state index contributed by atoms with van der Waals surface area (Å²) < 4.78 is 7.82. The molecule has 0 aliphatic heterocycles. The molecule has 0 radical (unpaired) electrons. The summed E-state index contributed by atoms with van der Waals surface area (Å²) in [6.45, 7) is 4.32. The maximum Gasteiger partial charge on any atom is 0.136 e. The Kier molecular flexibility index (Phi) is 6.92. The second-order valence-electron chi connectivity index (χ2n) is 14.4. The van der Waals surface area contributed by atoms with E-state index in [1.807, 2.05) is 11.3 Å². The predicted molar refractivity (Wildman–Crippen MR) is 235 cm³/mol. The van der Waals surface area contributed by atoms with Crippen LogP contribution in [0.2, 0.25) is 0 Å². The van der Waals surface area contributed by atoms with Gasteiger partial charge in [0.25, 0.3) is 0 Å². The first-order chi connectivity index (χ1) is 26.6. The third-order valence-electron chi connectivity index (χ3n) is 11.3. The highest BCUT2D eigenvalue weighted by molar-refractivity contribution is 7.20. The van der Waals surface area contributed by atoms with Crippen molar-refractivity contribution < 1.29 is 4.42 Å². The average Bonchev–Trinajstić information content (AvgIpc) is 3.74. The van der Waals surface area contributed by atoms with Gasteiger partial charge in [0.15, 0.2) is 0 Å². The topological polar surface area (TPSA) is 13.1 Å². The van der Waals surface area contributed by atoms with Crippen molar-refractivity contribution in [3.05, 3.63) is 174 Å². The molecular formula is C52H34OS. The Morgan fingerprint density at radius 1 is 0.444 bits per heavy atom. The first-order valence-electron chi connectivity index (χ1n) is 18.6. The fraction of sp³-hybridized carbons (Fsp3) is 0.0385. The number of benzene rings is 9. The minimum atomic E-state index is 0.917. The summed E-state index contributed by atoms with van der Waals surface area (Å²) >= 11 is 1.86. The van der Waals surface area contributed by atoms with Crippen molar-refractivity contribution in [2.24, 2.45) is 0 Å². The monoisotopic (exact) mass is 706 g/mol. The standard InChI is InChI=1S/C52H34OS/c1-3-11-48-31(2)50-43-30-47-45(29-37(43)23-25-49(50)54-48)44-28-36(22-24-46(44)53-47)34-18-19-35-27-38(21-20-33(35)26-34)52-41-16-9-7-14-39(41)51(32-12-5-4-6-13-32)40-15-8-10-17-42(40)52/h3-30H,1-2H3/b11-3-. The molecule has 2 heteroatoms. The zero-order valence-corrected chi connectivity index (χ0v) is 30.8. The molecule has 2 heterocycles. The van der Waals surface area contributed by atoms with Gasteiger partial charge in [-0.25, -0.2) is 0 Å². The molecule has 0 spiro atoms. The Balaban J connectivity index is 1.02. The predicted octanol–water partition coefficient (Wildman–Crippen LogP) is 15.8. The molecule has 54 heavy (non-hydrogen) atoms. The zero-order chi connectivity index (χ0) is 35.9. The SMILES string of the molecule is C/C=C\c1sc2ccc3cc4c(cc3c2c1C)oc1ccc(-c2ccc3cc(-c5c6ccccc6c(-c6ccccc6)c6ccccc56)ccc3c2)cc14. The van der Waals surface area contributed by atoms with Crippen LogP contribution in [-0.4, -0.2) is 0 Å². The summed E-state index contributed by atoms with van der Waals surface area (Å²) in [6, 6.07) is 58.1. The van der Waals surface area contributed by atoms with Gasteiger partial charge in [0.05, 0.1) is 0 Å². The van der Waals surface area contributed by atoms with Crippen molar-refractivity contribution in [3.8, 4) is 33.4 Å². The largest absolute Gasteiger partial charge is 0.456 e. The molecule has 0 N–H and O–H groups in total. The summed E-state index contributed by atoms with van der Waals surface area (Å²) in [5.41, 5.74) is 10.6. The Morgan fingerprint density at radius 3 is 1.72 bits per heavy atom. The molecule has 0 fully saturated rings. The molecule has 0 bridgehead atoms. The van der Waals surface area contributed by atoms with Gasteiger partial charge >= 0.3 is 0 Å². The molecule has 2 aromatic heterocycles. The van der Waals surface area contributed by atoms with Crippen LogP contribution in [-0.2, 0) is 0 Å². The summed E-state index contributed by atoms with van der Waals surface area (Å²) in [4.78, 5) is 1.32. The van der Waals surface area contributed by atoms with Crippen LogP contribution in [0.1, 0.15) is 17.4 Å².